The fraction of sp³-hybridized carbons (Fsp3) is 0.250. The van der Waals surface area contributed by atoms with Gasteiger partial charge < -0.3 is 0 Å². The lowest BCUT2D eigenvalue weighted by Gasteiger charge is -2.18. The van der Waals surface area contributed by atoms with E-state index < -0.39 is 0 Å². The van der Waals surface area contributed by atoms with E-state index in [1.807, 2.05) is 36.4 Å². The Morgan fingerprint density at radius 1 is 1.15 bits per heavy atom. The van der Waals surface area contributed by atoms with Crippen LogP contribution < -0.4 is 0 Å². The molecule has 2 atom stereocenters. The van der Waals surface area contributed by atoms with Gasteiger partial charge in [-0.1, -0.05) is 49.4 Å². The molecule has 4 heteroatoms. The van der Waals surface area contributed by atoms with Gasteiger partial charge in [0, 0.05) is 12.1 Å². The highest BCUT2D eigenvalue weighted by atomic mass is 35.5. The first kappa shape index (κ1) is 14.5. The average molecular weight is 290 g/mol. The summed E-state index contributed by atoms with van der Waals surface area (Å²) in [4.78, 5) is 10.4. The number of nitrogens with zero attached hydrogens (tertiary/aromatic N) is 1. The van der Waals surface area contributed by atoms with Crippen LogP contribution in [-0.4, -0.2) is 4.92 Å². The van der Waals surface area contributed by atoms with E-state index in [0.29, 0.717) is 6.42 Å². The summed E-state index contributed by atoms with van der Waals surface area (Å²) in [5.74, 6) is 0.195. The molecule has 2 unspecified atom stereocenters. The summed E-state index contributed by atoms with van der Waals surface area (Å²) in [6.07, 6.45) is 0.713. The van der Waals surface area contributed by atoms with E-state index in [-0.39, 0.29) is 21.9 Å². The summed E-state index contributed by atoms with van der Waals surface area (Å²) < 4.78 is 0. The van der Waals surface area contributed by atoms with Gasteiger partial charge in [-0.05, 0) is 23.5 Å². The van der Waals surface area contributed by atoms with Crippen LogP contribution in [0.2, 0.25) is 0 Å². The molecule has 0 aliphatic carbocycles. The van der Waals surface area contributed by atoms with Gasteiger partial charge in [-0.25, -0.2) is 0 Å². The third kappa shape index (κ3) is 3.58. The molecule has 2 aromatic carbocycles. The summed E-state index contributed by atoms with van der Waals surface area (Å²) in [7, 11) is 0. The molecule has 0 spiro atoms. The molecular formula is C16H16ClNO2. The van der Waals surface area contributed by atoms with Crippen molar-refractivity contribution in [2.45, 2.75) is 18.7 Å². The number of halogens is 1. The van der Waals surface area contributed by atoms with Gasteiger partial charge in [-0.15, -0.1) is 11.6 Å². The molecule has 0 aliphatic rings. The Morgan fingerprint density at radius 3 is 2.50 bits per heavy atom. The fourth-order valence-electron chi connectivity index (χ4n) is 2.24. The van der Waals surface area contributed by atoms with Gasteiger partial charge in [-0.2, -0.15) is 0 Å². The predicted molar refractivity (Wildman–Crippen MR) is 81.0 cm³/mol. The number of hydrogen-bond acceptors (Lipinski definition) is 2. The second-order valence-corrected chi connectivity index (χ2v) is 5.39. The number of nitro benzene ring substituents is 1. The Hall–Kier alpha value is -1.87. The zero-order chi connectivity index (χ0) is 14.5. The maximum atomic E-state index is 10.8. The van der Waals surface area contributed by atoms with Crippen molar-refractivity contribution in [3.63, 3.8) is 0 Å². The minimum atomic E-state index is -0.371. The van der Waals surface area contributed by atoms with Crippen LogP contribution in [0.25, 0.3) is 0 Å². The smallest absolute Gasteiger partial charge is 0.258 e. The molecule has 0 radical (unpaired) electrons. The lowest BCUT2D eigenvalue weighted by atomic mass is 9.93. The van der Waals surface area contributed by atoms with Crippen molar-refractivity contribution in [2.75, 3.05) is 0 Å². The monoisotopic (exact) mass is 289 g/mol. The Balaban J connectivity index is 2.09. The Morgan fingerprint density at radius 2 is 1.85 bits per heavy atom. The Kier molecular flexibility index (Phi) is 4.74. The quantitative estimate of drug-likeness (QED) is 0.453. The van der Waals surface area contributed by atoms with Gasteiger partial charge >= 0.3 is 0 Å². The number of hydrogen-bond donors (Lipinski definition) is 0. The van der Waals surface area contributed by atoms with Gasteiger partial charge in [0.25, 0.3) is 5.69 Å². The van der Waals surface area contributed by atoms with Crippen LogP contribution >= 0.6 is 11.6 Å². The first-order valence-electron chi connectivity index (χ1n) is 6.50. The van der Waals surface area contributed by atoms with E-state index in [9.17, 15) is 10.1 Å². The summed E-state index contributed by atoms with van der Waals surface area (Å²) in [6, 6.07) is 16.6. The number of nitro groups is 1. The first-order chi connectivity index (χ1) is 9.58. The zero-order valence-electron chi connectivity index (χ0n) is 11.2. The van der Waals surface area contributed by atoms with E-state index in [2.05, 4.69) is 6.92 Å². The fourth-order valence-corrected chi connectivity index (χ4v) is 2.47. The standard InChI is InChI=1S/C16H16ClNO2/c1-12(16(17)14-7-3-2-4-8-14)10-13-6-5-9-15(11-13)18(19)20/h2-9,11-12,16H,10H2,1H3. The van der Waals surface area contributed by atoms with Gasteiger partial charge in [0.05, 0.1) is 10.3 Å². The molecule has 0 amide bonds. The van der Waals surface area contributed by atoms with E-state index in [1.165, 1.54) is 6.07 Å². The minimum Gasteiger partial charge on any atom is -0.258 e. The highest BCUT2D eigenvalue weighted by Crippen LogP contribution is 2.31. The van der Waals surface area contributed by atoms with Crippen molar-refractivity contribution >= 4 is 17.3 Å². The van der Waals surface area contributed by atoms with Crippen LogP contribution in [0.1, 0.15) is 23.4 Å². The van der Waals surface area contributed by atoms with Gasteiger partial charge in [0.1, 0.15) is 0 Å². The topological polar surface area (TPSA) is 43.1 Å². The summed E-state index contributed by atoms with van der Waals surface area (Å²) in [5, 5.41) is 10.7. The van der Waals surface area contributed by atoms with Gasteiger partial charge in [0.15, 0.2) is 0 Å². The van der Waals surface area contributed by atoms with Crippen LogP contribution in [0, 0.1) is 16.0 Å². The maximum Gasteiger partial charge on any atom is 0.269 e. The Labute approximate surface area is 123 Å². The molecule has 0 aliphatic heterocycles. The third-order valence-corrected chi connectivity index (χ3v) is 3.98. The van der Waals surface area contributed by atoms with Crippen molar-refractivity contribution in [1.29, 1.82) is 0 Å². The molecule has 2 rings (SSSR count). The number of alkyl halides is 1. The van der Waals surface area contributed by atoms with Crippen LogP contribution in [0.3, 0.4) is 0 Å². The average Bonchev–Trinajstić information content (AvgIpc) is 2.47. The maximum absolute atomic E-state index is 10.8. The minimum absolute atomic E-state index is 0.101. The SMILES string of the molecule is CC(Cc1cccc([N+](=O)[O-])c1)C(Cl)c1ccccc1. The first-order valence-corrected chi connectivity index (χ1v) is 6.94. The number of rotatable bonds is 5. The van der Waals surface area contributed by atoms with E-state index in [4.69, 9.17) is 11.6 Å². The molecule has 0 saturated heterocycles. The zero-order valence-corrected chi connectivity index (χ0v) is 12.0. The molecule has 0 N–H and O–H groups in total. The molecule has 0 saturated carbocycles. The summed E-state index contributed by atoms with van der Waals surface area (Å²) >= 11 is 6.48. The highest BCUT2D eigenvalue weighted by molar-refractivity contribution is 6.21. The molecule has 0 fully saturated rings. The van der Waals surface area contributed by atoms with E-state index in [0.717, 1.165) is 11.1 Å². The summed E-state index contributed by atoms with van der Waals surface area (Å²) in [5.41, 5.74) is 2.14. The lowest BCUT2D eigenvalue weighted by molar-refractivity contribution is -0.384. The van der Waals surface area contributed by atoms with Crippen molar-refractivity contribution in [2.24, 2.45) is 5.92 Å². The Bertz CT molecular complexity index is 586. The molecule has 0 aromatic heterocycles. The van der Waals surface area contributed by atoms with Crippen LogP contribution in [0.15, 0.2) is 54.6 Å². The molecule has 104 valence electrons. The van der Waals surface area contributed by atoms with Crippen molar-refractivity contribution < 1.29 is 4.92 Å². The highest BCUT2D eigenvalue weighted by Gasteiger charge is 2.17. The van der Waals surface area contributed by atoms with Crippen molar-refractivity contribution in [1.82, 2.24) is 0 Å². The lowest BCUT2D eigenvalue weighted by Crippen LogP contribution is -2.07. The second-order valence-electron chi connectivity index (χ2n) is 4.92. The summed E-state index contributed by atoms with van der Waals surface area (Å²) in [6.45, 7) is 2.06. The predicted octanol–water partition coefficient (Wildman–Crippen LogP) is 4.75. The molecular weight excluding hydrogens is 274 g/mol. The normalized spacial score (nSPS) is 13.7. The van der Waals surface area contributed by atoms with E-state index >= 15 is 0 Å². The van der Waals surface area contributed by atoms with Gasteiger partial charge in [0.2, 0.25) is 0 Å². The van der Waals surface area contributed by atoms with Crippen LogP contribution in [0.4, 0.5) is 5.69 Å². The second kappa shape index (κ2) is 6.53. The number of benzene rings is 2. The van der Waals surface area contributed by atoms with Crippen LogP contribution in [0.5, 0.6) is 0 Å². The van der Waals surface area contributed by atoms with Crippen molar-refractivity contribution in [3.05, 3.63) is 75.8 Å². The third-order valence-electron chi connectivity index (χ3n) is 3.30. The largest absolute Gasteiger partial charge is 0.269 e. The molecule has 20 heavy (non-hydrogen) atoms. The number of non-ortho nitro benzene ring substituents is 1. The van der Waals surface area contributed by atoms with Crippen LogP contribution in [-0.2, 0) is 6.42 Å². The molecule has 2 aromatic rings. The van der Waals surface area contributed by atoms with E-state index in [1.54, 1.807) is 12.1 Å². The molecule has 3 nitrogen and oxygen atoms in total. The molecule has 0 bridgehead atoms. The van der Waals surface area contributed by atoms with Crippen molar-refractivity contribution in [3.8, 4) is 0 Å². The molecule has 0 heterocycles. The van der Waals surface area contributed by atoms with Gasteiger partial charge in [-0.3, -0.25) is 10.1 Å².